The third-order valence-electron chi connectivity index (χ3n) is 2.54. The van der Waals surface area contributed by atoms with Crippen LogP contribution in [0, 0.1) is 0 Å². The van der Waals surface area contributed by atoms with Crippen LogP contribution in [0.15, 0.2) is 0 Å². The predicted molar refractivity (Wildman–Crippen MR) is 48.6 cm³/mol. The number of hydrogen-bond acceptors (Lipinski definition) is 2. The molecule has 0 aliphatic heterocycles. The van der Waals surface area contributed by atoms with Gasteiger partial charge in [0.15, 0.2) is 0 Å². The Balaban J connectivity index is 4.28. The Hall–Kier alpha value is 0.354. The van der Waals surface area contributed by atoms with E-state index in [4.69, 9.17) is 0 Å². The van der Waals surface area contributed by atoms with Crippen molar-refractivity contribution in [3.05, 3.63) is 0 Å². The average molecular weight is 178 g/mol. The Kier molecular flexibility index (Phi) is 3.28. The maximum absolute atomic E-state index is 9.80. The summed E-state index contributed by atoms with van der Waals surface area (Å²) in [5.74, 6) is 0. The molecule has 0 aliphatic rings. The average Bonchev–Trinajstić information content (AvgIpc) is 1.88. The zero-order valence-electron chi connectivity index (χ0n) is 7.31. The molecule has 10 heavy (non-hydrogen) atoms. The Bertz CT molecular complexity index is 98.3. The fourth-order valence-corrected chi connectivity index (χ4v) is 6.86. The summed E-state index contributed by atoms with van der Waals surface area (Å²) in [6.07, 6.45) is 0. The summed E-state index contributed by atoms with van der Waals surface area (Å²) in [6.45, 7) is 7.65. The van der Waals surface area contributed by atoms with Crippen molar-refractivity contribution < 1.29 is 9.59 Å². The van der Waals surface area contributed by atoms with E-state index in [1.165, 1.54) is 0 Å². The Morgan fingerprint density at radius 2 is 1.10 bits per heavy atom. The standard InChI is InChI=1S/C6H18O2Si2/c1-5-9(3,7)10(4,8)6-2/h7-8H,5-6H2,1-4H3. The van der Waals surface area contributed by atoms with Gasteiger partial charge in [0, 0.05) is 0 Å². The number of hydrogen-bond donors (Lipinski definition) is 2. The minimum Gasteiger partial charge on any atom is -0.432 e. The third kappa shape index (κ3) is 1.92. The van der Waals surface area contributed by atoms with Crippen LogP contribution in [0.3, 0.4) is 0 Å². The van der Waals surface area contributed by atoms with Crippen LogP contribution in [0.1, 0.15) is 13.8 Å². The predicted octanol–water partition coefficient (Wildman–Crippen LogP) is 1.24. The molecule has 0 aliphatic carbocycles. The van der Waals surface area contributed by atoms with E-state index in [9.17, 15) is 9.59 Å². The van der Waals surface area contributed by atoms with E-state index >= 15 is 0 Å². The van der Waals surface area contributed by atoms with Crippen molar-refractivity contribution in [1.82, 2.24) is 0 Å². The van der Waals surface area contributed by atoms with Gasteiger partial charge in [0.1, 0.15) is 0 Å². The second-order valence-electron chi connectivity index (χ2n) is 3.25. The molecule has 0 spiro atoms. The van der Waals surface area contributed by atoms with Gasteiger partial charge in [-0.25, -0.2) is 0 Å². The molecule has 0 amide bonds. The first kappa shape index (κ1) is 10.4. The molecular formula is C6H18O2Si2. The minimum atomic E-state index is -2.21. The molecule has 0 rings (SSSR count). The molecule has 2 unspecified atom stereocenters. The fraction of sp³-hybridized carbons (Fsp3) is 1.00. The molecule has 0 bridgehead atoms. The summed E-state index contributed by atoms with van der Waals surface area (Å²) in [6, 6.07) is 1.56. The summed E-state index contributed by atoms with van der Waals surface area (Å²) in [5.41, 5.74) is 0. The third-order valence-corrected chi connectivity index (χ3v) is 16.7. The minimum absolute atomic E-state index is 0.778. The van der Waals surface area contributed by atoms with E-state index in [-0.39, 0.29) is 0 Å². The van der Waals surface area contributed by atoms with Crippen LogP contribution in [-0.2, 0) is 0 Å². The molecule has 0 saturated carbocycles. The molecule has 2 N–H and O–H groups in total. The largest absolute Gasteiger partial charge is 0.432 e. The van der Waals surface area contributed by atoms with Crippen molar-refractivity contribution in [3.8, 4) is 0 Å². The summed E-state index contributed by atoms with van der Waals surface area (Å²) < 4.78 is 0. The van der Waals surface area contributed by atoms with Crippen LogP contribution in [0.2, 0.25) is 25.2 Å². The van der Waals surface area contributed by atoms with Gasteiger partial charge in [-0.3, -0.25) is 0 Å². The lowest BCUT2D eigenvalue weighted by Crippen LogP contribution is -2.58. The zero-order valence-corrected chi connectivity index (χ0v) is 9.31. The van der Waals surface area contributed by atoms with Gasteiger partial charge >= 0.3 is 0 Å². The van der Waals surface area contributed by atoms with Crippen LogP contribution in [0.25, 0.3) is 0 Å². The normalized spacial score (nSPS) is 23.4. The summed E-state index contributed by atoms with van der Waals surface area (Å²) >= 11 is 0. The topological polar surface area (TPSA) is 40.5 Å². The Morgan fingerprint density at radius 1 is 0.900 bits per heavy atom. The highest BCUT2D eigenvalue weighted by Gasteiger charge is 2.44. The lowest BCUT2D eigenvalue weighted by Gasteiger charge is -2.31. The SMILES string of the molecule is CC[Si](C)(O)[Si](C)(O)CC. The lowest BCUT2D eigenvalue weighted by atomic mass is 11.0. The maximum atomic E-state index is 9.80. The summed E-state index contributed by atoms with van der Waals surface area (Å²) in [5, 5.41) is 0. The van der Waals surface area contributed by atoms with Gasteiger partial charge in [-0.2, -0.15) is 0 Å². The van der Waals surface area contributed by atoms with E-state index in [1.54, 1.807) is 0 Å². The van der Waals surface area contributed by atoms with E-state index in [0.29, 0.717) is 0 Å². The van der Waals surface area contributed by atoms with Crippen LogP contribution < -0.4 is 0 Å². The van der Waals surface area contributed by atoms with Crippen molar-refractivity contribution in [3.63, 3.8) is 0 Å². The molecule has 0 aromatic heterocycles. The van der Waals surface area contributed by atoms with Crippen molar-refractivity contribution in [1.29, 1.82) is 0 Å². The molecule has 0 radical (unpaired) electrons. The molecule has 0 saturated heterocycles. The molecule has 0 heterocycles. The second kappa shape index (κ2) is 3.17. The van der Waals surface area contributed by atoms with Crippen LogP contribution in [0.5, 0.6) is 0 Å². The van der Waals surface area contributed by atoms with Crippen molar-refractivity contribution >= 4 is 15.7 Å². The van der Waals surface area contributed by atoms with E-state index in [2.05, 4.69) is 0 Å². The lowest BCUT2D eigenvalue weighted by molar-refractivity contribution is 0.510. The van der Waals surface area contributed by atoms with Crippen molar-refractivity contribution in [2.75, 3.05) is 0 Å². The van der Waals surface area contributed by atoms with Gasteiger partial charge in [0.05, 0.1) is 0 Å². The van der Waals surface area contributed by atoms with E-state index in [1.807, 2.05) is 26.9 Å². The quantitative estimate of drug-likeness (QED) is 0.638. The molecule has 2 nitrogen and oxygen atoms in total. The molecule has 62 valence electrons. The maximum Gasteiger partial charge on any atom is 0.203 e. The smallest absolute Gasteiger partial charge is 0.203 e. The molecular weight excluding hydrogens is 160 g/mol. The molecule has 0 aromatic carbocycles. The van der Waals surface area contributed by atoms with Gasteiger partial charge in [-0.05, 0) is 25.2 Å². The summed E-state index contributed by atoms with van der Waals surface area (Å²) in [4.78, 5) is 19.6. The van der Waals surface area contributed by atoms with Gasteiger partial charge in [0.25, 0.3) is 0 Å². The monoisotopic (exact) mass is 178 g/mol. The Labute approximate surface area is 64.9 Å². The van der Waals surface area contributed by atoms with Gasteiger partial charge < -0.3 is 9.59 Å². The Morgan fingerprint density at radius 3 is 1.20 bits per heavy atom. The fourth-order valence-electron chi connectivity index (χ4n) is 0.762. The number of rotatable bonds is 3. The first-order valence-electron chi connectivity index (χ1n) is 3.82. The van der Waals surface area contributed by atoms with Gasteiger partial charge in [-0.1, -0.05) is 13.8 Å². The van der Waals surface area contributed by atoms with E-state index < -0.39 is 15.7 Å². The van der Waals surface area contributed by atoms with E-state index in [0.717, 1.165) is 12.1 Å². The highest BCUT2D eigenvalue weighted by atomic mass is 29.3. The van der Waals surface area contributed by atoms with Gasteiger partial charge in [0.2, 0.25) is 15.7 Å². The molecule has 2 atom stereocenters. The molecule has 4 heteroatoms. The first-order valence-corrected chi connectivity index (χ1v) is 10.1. The van der Waals surface area contributed by atoms with Crippen LogP contribution in [-0.4, -0.2) is 25.3 Å². The molecule has 0 fully saturated rings. The molecule has 0 aromatic rings. The van der Waals surface area contributed by atoms with Crippen molar-refractivity contribution in [2.45, 2.75) is 39.0 Å². The van der Waals surface area contributed by atoms with Gasteiger partial charge in [-0.15, -0.1) is 0 Å². The summed E-state index contributed by atoms with van der Waals surface area (Å²) in [7, 11) is -4.42. The van der Waals surface area contributed by atoms with Crippen LogP contribution in [0.4, 0.5) is 0 Å². The second-order valence-corrected chi connectivity index (χ2v) is 16.2. The highest BCUT2D eigenvalue weighted by Crippen LogP contribution is 2.20. The first-order chi connectivity index (χ1) is 4.37. The van der Waals surface area contributed by atoms with Crippen molar-refractivity contribution in [2.24, 2.45) is 0 Å². The zero-order chi connectivity index (χ0) is 8.41. The highest BCUT2D eigenvalue weighted by molar-refractivity contribution is 7.35. The van der Waals surface area contributed by atoms with Crippen LogP contribution >= 0.6 is 0 Å².